The van der Waals surface area contributed by atoms with Crippen molar-refractivity contribution in [1.29, 1.82) is 0 Å². The van der Waals surface area contributed by atoms with Crippen LogP contribution < -0.4 is 0 Å². The highest BCUT2D eigenvalue weighted by Crippen LogP contribution is 2.32. The van der Waals surface area contributed by atoms with Crippen molar-refractivity contribution in [2.24, 2.45) is 0 Å². The van der Waals surface area contributed by atoms with Crippen LogP contribution in [0, 0.1) is 0 Å². The predicted octanol–water partition coefficient (Wildman–Crippen LogP) is 4.05. The zero-order chi connectivity index (χ0) is 11.9. The molecule has 0 spiro atoms. The fourth-order valence-corrected chi connectivity index (χ4v) is 2.83. The summed E-state index contributed by atoms with van der Waals surface area (Å²) < 4.78 is 0. The largest absolute Gasteiger partial charge is 0.396 e. The second-order valence-electron chi connectivity index (χ2n) is 5.26. The van der Waals surface area contributed by atoms with E-state index in [0.717, 1.165) is 25.2 Å². The van der Waals surface area contributed by atoms with Crippen LogP contribution in [-0.4, -0.2) is 11.7 Å². The Kier molecular flexibility index (Phi) is 5.06. The monoisotopic (exact) mass is 232 g/mol. The van der Waals surface area contributed by atoms with Crippen LogP contribution in [-0.2, 0) is 6.42 Å². The minimum atomic E-state index is 0.320. The molecule has 94 valence electrons. The molecule has 1 N–H and O–H groups in total. The Hall–Kier alpha value is -0.820. The molecule has 17 heavy (non-hydrogen) atoms. The van der Waals surface area contributed by atoms with Gasteiger partial charge in [0.15, 0.2) is 0 Å². The minimum Gasteiger partial charge on any atom is -0.396 e. The SMILES string of the molecule is OCCCCc1ccc(C2CCCCC2)cc1. The van der Waals surface area contributed by atoms with Gasteiger partial charge in [-0.15, -0.1) is 0 Å². The van der Waals surface area contributed by atoms with Gasteiger partial charge in [-0.2, -0.15) is 0 Å². The molecular weight excluding hydrogens is 208 g/mol. The summed E-state index contributed by atoms with van der Waals surface area (Å²) in [7, 11) is 0. The zero-order valence-electron chi connectivity index (χ0n) is 10.7. The Bertz CT molecular complexity index is 309. The molecule has 1 saturated carbocycles. The Morgan fingerprint density at radius 1 is 0.941 bits per heavy atom. The standard InChI is InChI=1S/C16H24O/c17-13-5-4-6-14-9-11-16(12-10-14)15-7-2-1-3-8-15/h9-12,15,17H,1-8,13H2. The normalized spacial score (nSPS) is 17.2. The molecule has 0 aromatic heterocycles. The minimum absolute atomic E-state index is 0.320. The molecule has 1 aliphatic carbocycles. The Morgan fingerprint density at radius 3 is 2.29 bits per heavy atom. The molecule has 1 fully saturated rings. The van der Waals surface area contributed by atoms with Crippen LogP contribution >= 0.6 is 0 Å². The van der Waals surface area contributed by atoms with Gasteiger partial charge in [-0.05, 0) is 49.1 Å². The summed E-state index contributed by atoms with van der Waals surface area (Å²) in [6.45, 7) is 0.320. The van der Waals surface area contributed by atoms with E-state index in [0.29, 0.717) is 6.61 Å². The highest BCUT2D eigenvalue weighted by Gasteiger charge is 2.14. The number of benzene rings is 1. The summed E-state index contributed by atoms with van der Waals surface area (Å²) in [6, 6.07) is 9.21. The van der Waals surface area contributed by atoms with Crippen molar-refractivity contribution in [3.8, 4) is 0 Å². The van der Waals surface area contributed by atoms with Gasteiger partial charge in [0.05, 0.1) is 0 Å². The molecule has 1 heteroatoms. The van der Waals surface area contributed by atoms with E-state index in [2.05, 4.69) is 24.3 Å². The summed E-state index contributed by atoms with van der Waals surface area (Å²) in [5.41, 5.74) is 2.95. The first-order chi connectivity index (χ1) is 8.40. The first-order valence-corrected chi connectivity index (χ1v) is 7.10. The van der Waals surface area contributed by atoms with Gasteiger partial charge >= 0.3 is 0 Å². The number of aliphatic hydroxyl groups is 1. The quantitative estimate of drug-likeness (QED) is 0.759. The Labute approximate surface area is 105 Å². The van der Waals surface area contributed by atoms with Crippen LogP contribution in [0.2, 0.25) is 0 Å². The van der Waals surface area contributed by atoms with Gasteiger partial charge in [0.25, 0.3) is 0 Å². The fraction of sp³-hybridized carbons (Fsp3) is 0.625. The third kappa shape index (κ3) is 3.85. The average Bonchev–Trinajstić information content (AvgIpc) is 2.41. The second-order valence-corrected chi connectivity index (χ2v) is 5.26. The van der Waals surface area contributed by atoms with Crippen molar-refractivity contribution in [2.75, 3.05) is 6.61 Å². The first-order valence-electron chi connectivity index (χ1n) is 7.10. The molecule has 0 radical (unpaired) electrons. The number of hydrogen-bond acceptors (Lipinski definition) is 1. The van der Waals surface area contributed by atoms with E-state index >= 15 is 0 Å². The molecule has 1 aliphatic rings. The number of unbranched alkanes of at least 4 members (excludes halogenated alkanes) is 1. The molecule has 0 unspecified atom stereocenters. The smallest absolute Gasteiger partial charge is 0.0431 e. The zero-order valence-corrected chi connectivity index (χ0v) is 10.7. The molecule has 0 saturated heterocycles. The van der Waals surface area contributed by atoms with E-state index in [1.807, 2.05) is 0 Å². The third-order valence-electron chi connectivity index (χ3n) is 3.93. The van der Waals surface area contributed by atoms with E-state index < -0.39 is 0 Å². The van der Waals surface area contributed by atoms with Crippen LogP contribution in [0.3, 0.4) is 0 Å². The fourth-order valence-electron chi connectivity index (χ4n) is 2.83. The van der Waals surface area contributed by atoms with Crippen molar-refractivity contribution in [2.45, 2.75) is 57.3 Å². The molecule has 0 aliphatic heterocycles. The maximum absolute atomic E-state index is 8.76. The third-order valence-corrected chi connectivity index (χ3v) is 3.93. The van der Waals surface area contributed by atoms with Crippen molar-refractivity contribution in [1.82, 2.24) is 0 Å². The van der Waals surface area contributed by atoms with E-state index in [9.17, 15) is 0 Å². The lowest BCUT2D eigenvalue weighted by molar-refractivity contribution is 0.284. The summed E-state index contributed by atoms with van der Waals surface area (Å²) in [4.78, 5) is 0. The van der Waals surface area contributed by atoms with Crippen molar-refractivity contribution in [3.63, 3.8) is 0 Å². The summed E-state index contributed by atoms with van der Waals surface area (Å²) >= 11 is 0. The van der Waals surface area contributed by atoms with Crippen molar-refractivity contribution >= 4 is 0 Å². The van der Waals surface area contributed by atoms with Gasteiger partial charge in [-0.25, -0.2) is 0 Å². The van der Waals surface area contributed by atoms with E-state index in [1.165, 1.54) is 43.2 Å². The lowest BCUT2D eigenvalue weighted by Crippen LogP contribution is -2.04. The number of rotatable bonds is 5. The predicted molar refractivity (Wildman–Crippen MR) is 72.3 cm³/mol. The molecule has 0 bridgehead atoms. The Balaban J connectivity index is 1.88. The lowest BCUT2D eigenvalue weighted by atomic mass is 9.84. The highest BCUT2D eigenvalue weighted by atomic mass is 16.2. The molecule has 1 nitrogen and oxygen atoms in total. The van der Waals surface area contributed by atoms with Crippen LogP contribution in [0.5, 0.6) is 0 Å². The molecular formula is C16H24O. The first kappa shape index (κ1) is 12.6. The van der Waals surface area contributed by atoms with Gasteiger partial charge in [-0.3, -0.25) is 0 Å². The van der Waals surface area contributed by atoms with E-state index in [-0.39, 0.29) is 0 Å². The van der Waals surface area contributed by atoms with E-state index in [4.69, 9.17) is 5.11 Å². The van der Waals surface area contributed by atoms with Crippen LogP contribution in [0.25, 0.3) is 0 Å². The lowest BCUT2D eigenvalue weighted by Gasteiger charge is -2.22. The van der Waals surface area contributed by atoms with Gasteiger partial charge in [0.1, 0.15) is 0 Å². The summed E-state index contributed by atoms with van der Waals surface area (Å²) in [5, 5.41) is 8.76. The van der Waals surface area contributed by atoms with Crippen molar-refractivity contribution in [3.05, 3.63) is 35.4 Å². The van der Waals surface area contributed by atoms with Crippen LogP contribution in [0.1, 0.15) is 62.0 Å². The number of aryl methyl sites for hydroxylation is 1. The van der Waals surface area contributed by atoms with Crippen LogP contribution in [0.15, 0.2) is 24.3 Å². The second kappa shape index (κ2) is 6.80. The molecule has 1 aromatic carbocycles. The van der Waals surface area contributed by atoms with Gasteiger partial charge < -0.3 is 5.11 Å². The highest BCUT2D eigenvalue weighted by molar-refractivity contribution is 5.25. The summed E-state index contributed by atoms with van der Waals surface area (Å²) in [6.07, 6.45) is 10.1. The maximum Gasteiger partial charge on any atom is 0.0431 e. The molecule has 2 rings (SSSR count). The van der Waals surface area contributed by atoms with Crippen LogP contribution in [0.4, 0.5) is 0 Å². The topological polar surface area (TPSA) is 20.2 Å². The molecule has 0 atom stereocenters. The molecule has 0 amide bonds. The van der Waals surface area contributed by atoms with Crippen molar-refractivity contribution < 1.29 is 5.11 Å². The molecule has 0 heterocycles. The van der Waals surface area contributed by atoms with E-state index in [1.54, 1.807) is 0 Å². The maximum atomic E-state index is 8.76. The Morgan fingerprint density at radius 2 is 1.65 bits per heavy atom. The van der Waals surface area contributed by atoms with Gasteiger partial charge in [-0.1, -0.05) is 43.5 Å². The molecule has 1 aromatic rings. The number of aliphatic hydroxyl groups excluding tert-OH is 1. The average molecular weight is 232 g/mol. The van der Waals surface area contributed by atoms with Gasteiger partial charge in [0, 0.05) is 6.61 Å². The number of hydrogen-bond donors (Lipinski definition) is 1. The van der Waals surface area contributed by atoms with Gasteiger partial charge in [0.2, 0.25) is 0 Å². The summed E-state index contributed by atoms with van der Waals surface area (Å²) in [5.74, 6) is 0.815.